The van der Waals surface area contributed by atoms with E-state index in [0.29, 0.717) is 37.6 Å². The monoisotopic (exact) mass is 356 g/mol. The quantitative estimate of drug-likeness (QED) is 0.808. The van der Waals surface area contributed by atoms with Gasteiger partial charge in [0.2, 0.25) is 11.8 Å². The van der Waals surface area contributed by atoms with E-state index < -0.39 is 0 Å². The molecule has 2 fully saturated rings. The number of nitrogens with zero attached hydrogens (tertiary/aromatic N) is 6. The highest BCUT2D eigenvalue weighted by atomic mass is 16.5. The second kappa shape index (κ2) is 5.86. The van der Waals surface area contributed by atoms with Gasteiger partial charge in [-0.3, -0.25) is 14.3 Å². The van der Waals surface area contributed by atoms with Crippen LogP contribution in [0.15, 0.2) is 18.6 Å². The van der Waals surface area contributed by atoms with Gasteiger partial charge in [0.1, 0.15) is 5.56 Å². The average Bonchev–Trinajstić information content (AvgIpc) is 3.32. The zero-order valence-electron chi connectivity index (χ0n) is 14.4. The lowest BCUT2D eigenvalue weighted by Gasteiger charge is -2.39. The van der Waals surface area contributed by atoms with Crippen molar-refractivity contribution >= 4 is 17.5 Å². The fourth-order valence-corrected chi connectivity index (χ4v) is 3.76. The molecule has 0 N–H and O–H groups in total. The van der Waals surface area contributed by atoms with Crippen LogP contribution in [0.1, 0.15) is 35.7 Å². The van der Waals surface area contributed by atoms with Crippen LogP contribution >= 0.6 is 0 Å². The van der Waals surface area contributed by atoms with Crippen molar-refractivity contribution in [3.8, 4) is 5.88 Å². The molecule has 0 bridgehead atoms. The van der Waals surface area contributed by atoms with Crippen LogP contribution in [-0.2, 0) is 11.3 Å². The van der Waals surface area contributed by atoms with Gasteiger partial charge in [0, 0.05) is 45.2 Å². The van der Waals surface area contributed by atoms with E-state index in [-0.39, 0.29) is 17.9 Å². The molecule has 0 aromatic carbocycles. The van der Waals surface area contributed by atoms with Crippen molar-refractivity contribution in [2.24, 2.45) is 0 Å². The smallest absolute Gasteiger partial charge is 0.261 e. The first-order valence-electron chi connectivity index (χ1n) is 9.03. The van der Waals surface area contributed by atoms with E-state index in [9.17, 15) is 9.59 Å². The van der Waals surface area contributed by atoms with E-state index in [2.05, 4.69) is 10.2 Å². The maximum Gasteiger partial charge on any atom is 0.261 e. The molecule has 136 valence electrons. The summed E-state index contributed by atoms with van der Waals surface area (Å²) in [5, 5.41) is 8.63. The van der Waals surface area contributed by atoms with Gasteiger partial charge in [-0.1, -0.05) is 0 Å². The summed E-state index contributed by atoms with van der Waals surface area (Å²) in [6.07, 6.45) is 7.65. The van der Waals surface area contributed by atoms with Gasteiger partial charge in [-0.25, -0.2) is 4.68 Å². The zero-order chi connectivity index (χ0) is 17.7. The van der Waals surface area contributed by atoms with E-state index in [0.717, 1.165) is 31.6 Å². The van der Waals surface area contributed by atoms with Crippen LogP contribution in [0, 0.1) is 0 Å². The minimum atomic E-state index is -0.0495. The van der Waals surface area contributed by atoms with Crippen molar-refractivity contribution < 1.29 is 14.3 Å². The second-order valence-electron chi connectivity index (χ2n) is 6.98. The lowest BCUT2D eigenvalue weighted by atomic mass is 10.1. The van der Waals surface area contributed by atoms with E-state index in [1.807, 2.05) is 10.9 Å². The topological polar surface area (TPSA) is 85.5 Å². The number of ether oxygens (including phenoxy) is 1. The lowest BCUT2D eigenvalue weighted by molar-refractivity contribution is -0.117. The molecule has 26 heavy (non-hydrogen) atoms. The third-order valence-electron chi connectivity index (χ3n) is 5.27. The molecule has 3 aliphatic heterocycles. The number of aryl methyl sites for hydroxylation is 1. The van der Waals surface area contributed by atoms with Crippen LogP contribution in [0.4, 0.5) is 5.69 Å². The van der Waals surface area contributed by atoms with E-state index in [1.165, 1.54) is 0 Å². The number of carbonyl (C=O) groups is 2. The van der Waals surface area contributed by atoms with E-state index in [1.54, 1.807) is 26.9 Å². The molecule has 2 amide bonds. The van der Waals surface area contributed by atoms with Crippen molar-refractivity contribution in [1.82, 2.24) is 24.5 Å². The SMILES string of the molecule is O=C(c1cnn2c1OCCC2)N1CC(n2cc(N3CCCC3=O)cn2)C1. The normalized spacial score (nSPS) is 20.1. The van der Waals surface area contributed by atoms with Crippen molar-refractivity contribution in [3.05, 3.63) is 24.2 Å². The summed E-state index contributed by atoms with van der Waals surface area (Å²) < 4.78 is 9.22. The predicted molar refractivity (Wildman–Crippen MR) is 91.1 cm³/mol. The van der Waals surface area contributed by atoms with Crippen LogP contribution < -0.4 is 9.64 Å². The van der Waals surface area contributed by atoms with Crippen LogP contribution in [-0.4, -0.2) is 62.5 Å². The molecule has 0 radical (unpaired) electrons. The van der Waals surface area contributed by atoms with Gasteiger partial charge in [-0.15, -0.1) is 0 Å². The summed E-state index contributed by atoms with van der Waals surface area (Å²) in [4.78, 5) is 28.1. The van der Waals surface area contributed by atoms with Crippen molar-refractivity contribution in [3.63, 3.8) is 0 Å². The second-order valence-corrected chi connectivity index (χ2v) is 6.98. The third-order valence-corrected chi connectivity index (χ3v) is 5.27. The minimum Gasteiger partial charge on any atom is -0.477 e. The number of rotatable bonds is 3. The largest absolute Gasteiger partial charge is 0.477 e. The Bertz CT molecular complexity index is 866. The van der Waals surface area contributed by atoms with Gasteiger partial charge in [0.15, 0.2) is 0 Å². The Morgan fingerprint density at radius 1 is 1.15 bits per heavy atom. The van der Waals surface area contributed by atoms with Crippen molar-refractivity contribution in [2.45, 2.75) is 31.8 Å². The number of carbonyl (C=O) groups excluding carboxylic acids is 2. The maximum atomic E-state index is 12.7. The number of anilines is 1. The Balaban J connectivity index is 1.25. The molecule has 0 saturated carbocycles. The summed E-state index contributed by atoms with van der Waals surface area (Å²) in [5.74, 6) is 0.686. The number of hydrogen-bond donors (Lipinski definition) is 0. The van der Waals surface area contributed by atoms with Crippen LogP contribution in [0.25, 0.3) is 0 Å². The molecule has 0 unspecified atom stereocenters. The fraction of sp³-hybridized carbons (Fsp3) is 0.529. The number of fused-ring (bicyclic) bond motifs is 1. The molecule has 9 nitrogen and oxygen atoms in total. The molecule has 2 aromatic heterocycles. The third kappa shape index (κ3) is 2.38. The Morgan fingerprint density at radius 2 is 2.04 bits per heavy atom. The van der Waals surface area contributed by atoms with E-state index in [4.69, 9.17) is 4.74 Å². The molecule has 0 atom stereocenters. The van der Waals surface area contributed by atoms with Crippen LogP contribution in [0.3, 0.4) is 0 Å². The van der Waals surface area contributed by atoms with Gasteiger partial charge >= 0.3 is 0 Å². The molecule has 0 spiro atoms. The zero-order valence-corrected chi connectivity index (χ0v) is 14.4. The van der Waals surface area contributed by atoms with Crippen LogP contribution in [0.5, 0.6) is 5.88 Å². The highest BCUT2D eigenvalue weighted by molar-refractivity contribution is 5.97. The molecule has 3 aliphatic rings. The van der Waals surface area contributed by atoms with Crippen molar-refractivity contribution in [2.75, 3.05) is 31.1 Å². The molecule has 5 heterocycles. The first kappa shape index (κ1) is 15.4. The lowest BCUT2D eigenvalue weighted by Crippen LogP contribution is -2.50. The molecular formula is C17H20N6O3. The van der Waals surface area contributed by atoms with Gasteiger partial charge in [0.25, 0.3) is 5.91 Å². The first-order chi connectivity index (χ1) is 12.7. The summed E-state index contributed by atoms with van der Waals surface area (Å²) >= 11 is 0. The predicted octanol–water partition coefficient (Wildman–Crippen LogP) is 0.686. The number of aromatic nitrogens is 4. The summed E-state index contributed by atoms with van der Waals surface area (Å²) in [6, 6.07) is 0.137. The molecule has 5 rings (SSSR count). The molecule has 2 aromatic rings. The Labute approximate surface area is 150 Å². The number of hydrogen-bond acceptors (Lipinski definition) is 5. The van der Waals surface area contributed by atoms with Crippen molar-refractivity contribution in [1.29, 1.82) is 0 Å². The number of amides is 2. The van der Waals surface area contributed by atoms with Crippen LogP contribution in [0.2, 0.25) is 0 Å². The Hall–Kier alpha value is -2.84. The molecular weight excluding hydrogens is 336 g/mol. The first-order valence-corrected chi connectivity index (χ1v) is 9.03. The van der Waals surface area contributed by atoms with Gasteiger partial charge in [0.05, 0.1) is 30.7 Å². The Kier molecular flexibility index (Phi) is 3.47. The highest BCUT2D eigenvalue weighted by Gasteiger charge is 2.36. The van der Waals surface area contributed by atoms with Gasteiger partial charge < -0.3 is 14.5 Å². The summed E-state index contributed by atoms with van der Waals surface area (Å²) in [7, 11) is 0. The van der Waals surface area contributed by atoms with Gasteiger partial charge in [-0.05, 0) is 6.42 Å². The standard InChI is InChI=1S/C17H20N6O3/c24-15-3-1-4-21(15)12-7-18-23(11-12)13-9-20(10-13)16(25)14-8-19-22-5-2-6-26-17(14)22/h7-8,11,13H,1-6,9-10H2. The average molecular weight is 356 g/mol. The molecule has 9 heteroatoms. The number of likely N-dealkylation sites (tertiary alicyclic amines) is 1. The molecule has 2 saturated heterocycles. The summed E-state index contributed by atoms with van der Waals surface area (Å²) in [6.45, 7) is 3.36. The molecule has 0 aliphatic carbocycles. The highest BCUT2D eigenvalue weighted by Crippen LogP contribution is 2.29. The fourth-order valence-electron chi connectivity index (χ4n) is 3.76. The minimum absolute atomic E-state index is 0.0495. The van der Waals surface area contributed by atoms with E-state index >= 15 is 0 Å². The van der Waals surface area contributed by atoms with Gasteiger partial charge in [-0.2, -0.15) is 10.2 Å². The summed E-state index contributed by atoms with van der Waals surface area (Å²) in [5.41, 5.74) is 1.38. The Morgan fingerprint density at radius 3 is 2.85 bits per heavy atom. The maximum absolute atomic E-state index is 12.7.